The molecule has 0 saturated carbocycles. The third-order valence-corrected chi connectivity index (χ3v) is 8.74. The maximum Gasteiger partial charge on any atom is 0.262 e. The highest BCUT2D eigenvalue weighted by Gasteiger charge is 2.32. The number of aromatic nitrogens is 2. The molecule has 0 bridgehead atoms. The lowest BCUT2D eigenvalue weighted by Gasteiger charge is -2.26. The van der Waals surface area contributed by atoms with E-state index in [1.807, 2.05) is 0 Å². The van der Waals surface area contributed by atoms with Gasteiger partial charge in [-0.25, -0.2) is 13.4 Å². The van der Waals surface area contributed by atoms with E-state index < -0.39 is 10.0 Å². The quantitative estimate of drug-likeness (QED) is 0.496. The summed E-state index contributed by atoms with van der Waals surface area (Å²) in [6.45, 7) is 1.51. The molecule has 0 unspecified atom stereocenters. The highest BCUT2D eigenvalue weighted by atomic mass is 35.5. The number of fused-ring (bicyclic) bond motifs is 3. The zero-order chi connectivity index (χ0) is 21.5. The van der Waals surface area contributed by atoms with E-state index in [9.17, 15) is 13.2 Å². The van der Waals surface area contributed by atoms with Crippen molar-refractivity contribution in [3.8, 4) is 0 Å². The van der Waals surface area contributed by atoms with Crippen molar-refractivity contribution in [2.24, 2.45) is 0 Å². The Labute approximate surface area is 187 Å². The standard InChI is InChI=1S/C19H19Cl2N3O4S2/c1-28-8-2-6-23-11-22-18-17(19(23)25)13-5-7-24(10-15(13)29-18)30(26,27)16-9-12(20)3-4-14(16)21/h3-4,9,11H,2,5-8,10H2,1H3. The minimum absolute atomic E-state index is 0.0140. The third-order valence-electron chi connectivity index (χ3n) is 5.05. The number of hydrogen-bond acceptors (Lipinski definition) is 6. The fourth-order valence-electron chi connectivity index (χ4n) is 3.55. The number of aryl methyl sites for hydroxylation is 1. The van der Waals surface area contributed by atoms with Crippen LogP contribution in [0.4, 0.5) is 0 Å². The second-order valence-electron chi connectivity index (χ2n) is 6.94. The minimum Gasteiger partial charge on any atom is -0.385 e. The Balaban J connectivity index is 1.68. The molecule has 1 aliphatic rings. The van der Waals surface area contributed by atoms with Crippen LogP contribution in [0.3, 0.4) is 0 Å². The first kappa shape index (κ1) is 21.7. The molecule has 7 nitrogen and oxygen atoms in total. The molecule has 1 aliphatic heterocycles. The summed E-state index contributed by atoms with van der Waals surface area (Å²) in [6.07, 6.45) is 2.69. The van der Waals surface area contributed by atoms with Crippen LogP contribution in [0.15, 0.2) is 34.2 Å². The largest absolute Gasteiger partial charge is 0.385 e. The Hall–Kier alpha value is -1.49. The smallest absolute Gasteiger partial charge is 0.262 e. The Morgan fingerprint density at radius 3 is 2.87 bits per heavy atom. The van der Waals surface area contributed by atoms with Gasteiger partial charge < -0.3 is 4.74 Å². The molecular formula is C19H19Cl2N3O4S2. The van der Waals surface area contributed by atoms with Gasteiger partial charge in [-0.2, -0.15) is 4.31 Å². The van der Waals surface area contributed by atoms with Crippen LogP contribution in [0.25, 0.3) is 10.2 Å². The molecule has 0 spiro atoms. The van der Waals surface area contributed by atoms with Crippen molar-refractivity contribution in [2.75, 3.05) is 20.3 Å². The van der Waals surface area contributed by atoms with Gasteiger partial charge in [0.2, 0.25) is 10.0 Å². The van der Waals surface area contributed by atoms with Crippen LogP contribution in [-0.4, -0.2) is 42.5 Å². The number of nitrogens with zero attached hydrogens (tertiary/aromatic N) is 3. The first-order valence-corrected chi connectivity index (χ1v) is 12.3. The number of sulfonamides is 1. The molecule has 0 aliphatic carbocycles. The molecule has 30 heavy (non-hydrogen) atoms. The van der Waals surface area contributed by atoms with Crippen LogP contribution in [0.5, 0.6) is 0 Å². The van der Waals surface area contributed by atoms with E-state index in [1.165, 1.54) is 27.8 Å². The highest BCUT2D eigenvalue weighted by molar-refractivity contribution is 7.89. The fourth-order valence-corrected chi connectivity index (χ4v) is 6.97. The molecule has 160 valence electrons. The molecule has 1 aromatic carbocycles. The molecule has 0 radical (unpaired) electrons. The number of benzene rings is 1. The number of rotatable bonds is 6. The van der Waals surface area contributed by atoms with Gasteiger partial charge in [-0.15, -0.1) is 11.3 Å². The van der Waals surface area contributed by atoms with Gasteiger partial charge in [-0.05, 0) is 36.6 Å². The van der Waals surface area contributed by atoms with Crippen molar-refractivity contribution in [3.63, 3.8) is 0 Å². The van der Waals surface area contributed by atoms with E-state index >= 15 is 0 Å². The normalized spacial score (nSPS) is 14.9. The molecule has 4 rings (SSSR count). The average Bonchev–Trinajstić information content (AvgIpc) is 3.10. The molecule has 0 fully saturated rings. The van der Waals surface area contributed by atoms with Crippen LogP contribution < -0.4 is 5.56 Å². The van der Waals surface area contributed by atoms with E-state index in [-0.39, 0.29) is 28.6 Å². The molecule has 2 aromatic heterocycles. The van der Waals surface area contributed by atoms with Crippen molar-refractivity contribution in [2.45, 2.75) is 30.8 Å². The van der Waals surface area contributed by atoms with Crippen molar-refractivity contribution in [1.29, 1.82) is 0 Å². The zero-order valence-corrected chi connectivity index (χ0v) is 19.2. The van der Waals surface area contributed by atoms with Crippen LogP contribution in [0.2, 0.25) is 10.0 Å². The fraction of sp³-hybridized carbons (Fsp3) is 0.368. The summed E-state index contributed by atoms with van der Waals surface area (Å²) < 4.78 is 34.3. The van der Waals surface area contributed by atoms with Crippen molar-refractivity contribution in [1.82, 2.24) is 13.9 Å². The van der Waals surface area contributed by atoms with Crippen LogP contribution in [-0.2, 0) is 34.3 Å². The zero-order valence-electron chi connectivity index (χ0n) is 16.1. The average molecular weight is 488 g/mol. The number of hydrogen-bond donors (Lipinski definition) is 0. The van der Waals surface area contributed by atoms with Crippen LogP contribution in [0.1, 0.15) is 16.9 Å². The maximum absolute atomic E-state index is 13.1. The van der Waals surface area contributed by atoms with Gasteiger partial charge in [-0.3, -0.25) is 9.36 Å². The molecule has 3 aromatic rings. The van der Waals surface area contributed by atoms with E-state index in [1.54, 1.807) is 24.1 Å². The van der Waals surface area contributed by atoms with Gasteiger partial charge in [0.15, 0.2) is 0 Å². The lowest BCUT2D eigenvalue weighted by atomic mass is 10.1. The summed E-state index contributed by atoms with van der Waals surface area (Å²) in [5, 5.41) is 1.02. The Bertz CT molecular complexity index is 1270. The van der Waals surface area contributed by atoms with Gasteiger partial charge in [0.25, 0.3) is 5.56 Å². The van der Waals surface area contributed by atoms with Gasteiger partial charge in [-0.1, -0.05) is 23.2 Å². The van der Waals surface area contributed by atoms with Gasteiger partial charge in [0.1, 0.15) is 9.73 Å². The summed E-state index contributed by atoms with van der Waals surface area (Å²) in [5.41, 5.74) is 0.792. The van der Waals surface area contributed by atoms with E-state index in [0.29, 0.717) is 41.2 Å². The molecular weight excluding hydrogens is 469 g/mol. The first-order valence-electron chi connectivity index (χ1n) is 9.26. The summed E-state index contributed by atoms with van der Waals surface area (Å²) in [4.78, 5) is 18.8. The number of methoxy groups -OCH3 is 1. The van der Waals surface area contributed by atoms with E-state index in [2.05, 4.69) is 4.98 Å². The summed E-state index contributed by atoms with van der Waals surface area (Å²) >= 11 is 13.5. The molecule has 11 heteroatoms. The summed E-state index contributed by atoms with van der Waals surface area (Å²) in [6, 6.07) is 4.38. The van der Waals surface area contributed by atoms with Crippen molar-refractivity contribution >= 4 is 54.8 Å². The third kappa shape index (κ3) is 3.90. The molecule has 3 heterocycles. The minimum atomic E-state index is -3.82. The molecule has 0 saturated heterocycles. The molecule has 0 amide bonds. The molecule has 0 atom stereocenters. The monoisotopic (exact) mass is 487 g/mol. The van der Waals surface area contributed by atoms with E-state index in [4.69, 9.17) is 27.9 Å². The molecule has 0 N–H and O–H groups in total. The van der Waals surface area contributed by atoms with Gasteiger partial charge in [0, 0.05) is 43.3 Å². The second kappa shape index (κ2) is 8.57. The Morgan fingerprint density at radius 2 is 2.10 bits per heavy atom. The lowest BCUT2D eigenvalue weighted by molar-refractivity contribution is 0.190. The Kier molecular flexibility index (Phi) is 6.20. The number of halogens is 2. The highest BCUT2D eigenvalue weighted by Crippen LogP contribution is 2.36. The predicted octanol–water partition coefficient (Wildman–Crippen LogP) is 3.55. The van der Waals surface area contributed by atoms with Crippen LogP contribution in [0, 0.1) is 0 Å². The topological polar surface area (TPSA) is 81.5 Å². The SMILES string of the molecule is COCCCn1cnc2sc3c(c2c1=O)CCN(S(=O)(=O)c1cc(Cl)ccc1Cl)C3. The Morgan fingerprint density at radius 1 is 1.30 bits per heavy atom. The number of thiophene rings is 1. The van der Waals surface area contributed by atoms with E-state index in [0.717, 1.165) is 10.4 Å². The second-order valence-corrected chi connectivity index (χ2v) is 10.8. The first-order chi connectivity index (χ1) is 14.3. The van der Waals surface area contributed by atoms with Gasteiger partial charge in [0.05, 0.1) is 16.7 Å². The summed E-state index contributed by atoms with van der Waals surface area (Å²) in [5.74, 6) is 0. The predicted molar refractivity (Wildman–Crippen MR) is 118 cm³/mol. The van der Waals surface area contributed by atoms with Crippen molar-refractivity contribution < 1.29 is 13.2 Å². The van der Waals surface area contributed by atoms with Crippen LogP contribution >= 0.6 is 34.5 Å². The lowest BCUT2D eigenvalue weighted by Crippen LogP contribution is -2.35. The van der Waals surface area contributed by atoms with Gasteiger partial charge >= 0.3 is 0 Å². The maximum atomic E-state index is 13.1. The summed E-state index contributed by atoms with van der Waals surface area (Å²) in [7, 11) is -2.20. The van der Waals surface area contributed by atoms with Crippen molar-refractivity contribution in [3.05, 3.63) is 55.4 Å². The number of ether oxygens (including phenoxy) is 1.